The van der Waals surface area contributed by atoms with Gasteiger partial charge in [0.15, 0.2) is 5.78 Å². The molecule has 0 saturated heterocycles. The summed E-state index contributed by atoms with van der Waals surface area (Å²) in [5.41, 5.74) is 0.256. The Morgan fingerprint density at radius 3 is 2.60 bits per heavy atom. The van der Waals surface area contributed by atoms with Crippen molar-refractivity contribution in [2.45, 2.75) is 58.3 Å². The van der Waals surface area contributed by atoms with E-state index in [9.17, 15) is 4.79 Å². The van der Waals surface area contributed by atoms with Crippen molar-refractivity contribution < 1.29 is 4.79 Å². The lowest BCUT2D eigenvalue weighted by Gasteiger charge is -2.38. The van der Waals surface area contributed by atoms with Crippen molar-refractivity contribution in [3.63, 3.8) is 0 Å². The first-order valence-corrected chi connectivity index (χ1v) is 6.49. The van der Waals surface area contributed by atoms with Gasteiger partial charge in [-0.15, -0.1) is 0 Å². The van der Waals surface area contributed by atoms with Gasteiger partial charge in [-0.25, -0.2) is 0 Å². The first kappa shape index (κ1) is 10.9. The minimum absolute atomic E-state index is 0.256. The van der Waals surface area contributed by atoms with Gasteiger partial charge in [0.05, 0.1) is 0 Å². The third-order valence-electron chi connectivity index (χ3n) is 4.24. The maximum atomic E-state index is 11.5. The van der Waals surface area contributed by atoms with Gasteiger partial charge in [-0.2, -0.15) is 0 Å². The Morgan fingerprint density at radius 1 is 1.33 bits per heavy atom. The fraction of sp³-hybridized carbons (Fsp3) is 0.786. The molecule has 0 bridgehead atoms. The van der Waals surface area contributed by atoms with Crippen LogP contribution in [0.5, 0.6) is 0 Å². The molecule has 0 spiro atoms. The van der Waals surface area contributed by atoms with Crippen molar-refractivity contribution in [3.05, 3.63) is 12.2 Å². The van der Waals surface area contributed by atoms with Gasteiger partial charge in [-0.05, 0) is 36.7 Å². The normalized spacial score (nSPS) is 32.5. The summed E-state index contributed by atoms with van der Waals surface area (Å²) in [4.78, 5) is 11.5. The average molecular weight is 206 g/mol. The molecule has 1 heteroatoms. The van der Waals surface area contributed by atoms with Gasteiger partial charge in [0.2, 0.25) is 0 Å². The van der Waals surface area contributed by atoms with Gasteiger partial charge in [-0.3, -0.25) is 4.79 Å². The number of hydrogen-bond acceptors (Lipinski definition) is 1. The molecular formula is C14H22O. The highest BCUT2D eigenvalue weighted by Crippen LogP contribution is 2.48. The van der Waals surface area contributed by atoms with Gasteiger partial charge in [0, 0.05) is 6.42 Å². The Balaban J connectivity index is 2.11. The van der Waals surface area contributed by atoms with E-state index in [-0.39, 0.29) is 5.41 Å². The highest BCUT2D eigenvalue weighted by molar-refractivity contribution is 5.93. The van der Waals surface area contributed by atoms with Gasteiger partial charge >= 0.3 is 0 Å². The molecule has 2 aliphatic rings. The van der Waals surface area contributed by atoms with E-state index in [0.29, 0.717) is 5.78 Å². The molecule has 0 N–H and O–H groups in total. The molecule has 0 amide bonds. The summed E-state index contributed by atoms with van der Waals surface area (Å²) < 4.78 is 0. The lowest BCUT2D eigenvalue weighted by atomic mass is 9.66. The highest BCUT2D eigenvalue weighted by atomic mass is 16.1. The molecule has 0 unspecified atom stereocenters. The Labute approximate surface area is 92.9 Å². The van der Waals surface area contributed by atoms with Crippen molar-refractivity contribution in [2.75, 3.05) is 0 Å². The van der Waals surface area contributed by atoms with Gasteiger partial charge in [0.1, 0.15) is 0 Å². The van der Waals surface area contributed by atoms with Crippen LogP contribution in [0.4, 0.5) is 0 Å². The van der Waals surface area contributed by atoms with Crippen LogP contribution < -0.4 is 0 Å². The van der Waals surface area contributed by atoms with E-state index < -0.39 is 0 Å². The first-order chi connectivity index (χ1) is 7.27. The molecule has 15 heavy (non-hydrogen) atoms. The van der Waals surface area contributed by atoms with Crippen molar-refractivity contribution in [1.82, 2.24) is 0 Å². The quantitative estimate of drug-likeness (QED) is 0.685. The zero-order valence-corrected chi connectivity index (χ0v) is 9.80. The molecule has 84 valence electrons. The molecule has 1 nitrogen and oxygen atoms in total. The van der Waals surface area contributed by atoms with E-state index in [1.165, 1.54) is 44.9 Å². The van der Waals surface area contributed by atoms with E-state index in [1.807, 2.05) is 6.08 Å². The maximum Gasteiger partial charge on any atom is 0.156 e. The SMILES string of the molecule is CCC[C@@]1(C2CCCCC2)C=CC(=O)C1. The number of carbonyl (C=O) groups is 1. The summed E-state index contributed by atoms with van der Waals surface area (Å²) in [7, 11) is 0. The molecule has 0 aromatic heterocycles. The topological polar surface area (TPSA) is 17.1 Å². The van der Waals surface area contributed by atoms with E-state index in [1.54, 1.807) is 0 Å². The summed E-state index contributed by atoms with van der Waals surface area (Å²) in [6.07, 6.45) is 14.1. The van der Waals surface area contributed by atoms with Crippen LogP contribution in [0.25, 0.3) is 0 Å². The van der Waals surface area contributed by atoms with Gasteiger partial charge in [0.25, 0.3) is 0 Å². The Kier molecular flexibility index (Phi) is 3.28. The van der Waals surface area contributed by atoms with Crippen molar-refractivity contribution in [3.8, 4) is 0 Å². The number of carbonyl (C=O) groups excluding carboxylic acids is 1. The van der Waals surface area contributed by atoms with Crippen LogP contribution in [0, 0.1) is 11.3 Å². The molecule has 1 fully saturated rings. The van der Waals surface area contributed by atoms with Crippen LogP contribution in [0.1, 0.15) is 58.3 Å². The zero-order chi connectivity index (χ0) is 10.7. The van der Waals surface area contributed by atoms with Gasteiger partial charge in [-0.1, -0.05) is 38.7 Å². The van der Waals surface area contributed by atoms with Crippen LogP contribution in [0.3, 0.4) is 0 Å². The van der Waals surface area contributed by atoms with E-state index in [2.05, 4.69) is 13.0 Å². The molecule has 2 rings (SSSR count). The predicted octanol–water partition coefficient (Wildman–Crippen LogP) is 3.88. The molecule has 1 saturated carbocycles. The summed E-state index contributed by atoms with van der Waals surface area (Å²) in [5.74, 6) is 1.14. The molecule has 1 atom stereocenters. The third-order valence-corrected chi connectivity index (χ3v) is 4.24. The second kappa shape index (κ2) is 4.51. The number of allylic oxidation sites excluding steroid dienone is 2. The minimum atomic E-state index is 0.256. The molecule has 0 radical (unpaired) electrons. The van der Waals surface area contributed by atoms with Crippen molar-refractivity contribution in [1.29, 1.82) is 0 Å². The van der Waals surface area contributed by atoms with Crippen molar-refractivity contribution >= 4 is 5.78 Å². The predicted molar refractivity (Wildman–Crippen MR) is 62.7 cm³/mol. The summed E-state index contributed by atoms with van der Waals surface area (Å²) >= 11 is 0. The summed E-state index contributed by atoms with van der Waals surface area (Å²) in [6, 6.07) is 0. The summed E-state index contributed by atoms with van der Waals surface area (Å²) in [6.45, 7) is 2.24. The standard InChI is InChI=1S/C14H22O/c1-2-9-14(10-8-13(15)11-14)12-6-4-3-5-7-12/h8,10,12H,2-7,9,11H2,1H3/t14-/m1/s1. The van der Waals surface area contributed by atoms with Crippen LogP contribution in [-0.2, 0) is 4.79 Å². The monoisotopic (exact) mass is 206 g/mol. The largest absolute Gasteiger partial charge is 0.295 e. The van der Waals surface area contributed by atoms with Crippen LogP contribution >= 0.6 is 0 Å². The fourth-order valence-electron chi connectivity index (χ4n) is 3.50. The van der Waals surface area contributed by atoms with E-state index in [4.69, 9.17) is 0 Å². The Morgan fingerprint density at radius 2 is 2.07 bits per heavy atom. The van der Waals surface area contributed by atoms with Crippen LogP contribution in [0.15, 0.2) is 12.2 Å². The molecular weight excluding hydrogens is 184 g/mol. The highest BCUT2D eigenvalue weighted by Gasteiger charge is 2.40. The number of rotatable bonds is 3. The van der Waals surface area contributed by atoms with Crippen LogP contribution in [0.2, 0.25) is 0 Å². The maximum absolute atomic E-state index is 11.5. The van der Waals surface area contributed by atoms with Crippen LogP contribution in [-0.4, -0.2) is 5.78 Å². The first-order valence-electron chi connectivity index (χ1n) is 6.49. The second-order valence-corrected chi connectivity index (χ2v) is 5.29. The molecule has 0 heterocycles. The smallest absolute Gasteiger partial charge is 0.156 e. The zero-order valence-electron chi connectivity index (χ0n) is 9.80. The summed E-state index contributed by atoms with van der Waals surface area (Å²) in [5, 5.41) is 0. The lowest BCUT2D eigenvalue weighted by Crippen LogP contribution is -2.29. The molecule has 0 aliphatic heterocycles. The second-order valence-electron chi connectivity index (χ2n) is 5.29. The molecule has 0 aromatic rings. The van der Waals surface area contributed by atoms with Crippen molar-refractivity contribution in [2.24, 2.45) is 11.3 Å². The molecule has 0 aromatic carbocycles. The number of hydrogen-bond donors (Lipinski definition) is 0. The Bertz CT molecular complexity index is 261. The lowest BCUT2D eigenvalue weighted by molar-refractivity contribution is -0.116. The number of ketones is 1. The molecule has 2 aliphatic carbocycles. The average Bonchev–Trinajstić information content (AvgIpc) is 2.63. The third kappa shape index (κ3) is 2.16. The van der Waals surface area contributed by atoms with E-state index >= 15 is 0 Å². The fourth-order valence-corrected chi connectivity index (χ4v) is 3.50. The minimum Gasteiger partial charge on any atom is -0.295 e. The van der Waals surface area contributed by atoms with E-state index in [0.717, 1.165) is 12.3 Å². The van der Waals surface area contributed by atoms with Gasteiger partial charge < -0.3 is 0 Å². The Hall–Kier alpha value is -0.590.